The van der Waals surface area contributed by atoms with Crippen LogP contribution in [-0.4, -0.2) is 17.1 Å². The third-order valence-electron chi connectivity index (χ3n) is 4.13. The highest BCUT2D eigenvalue weighted by Gasteiger charge is 2.32. The van der Waals surface area contributed by atoms with Crippen LogP contribution in [0.15, 0.2) is 42.5 Å². The molecule has 0 bridgehead atoms. The van der Waals surface area contributed by atoms with Crippen LogP contribution in [0.25, 0.3) is 0 Å². The van der Waals surface area contributed by atoms with E-state index < -0.39 is 6.10 Å². The van der Waals surface area contributed by atoms with E-state index in [1.54, 1.807) is 0 Å². The number of hydrogen-bond acceptors (Lipinski definition) is 2. The predicted molar refractivity (Wildman–Crippen MR) is 82.3 cm³/mol. The largest absolute Gasteiger partial charge is 0.390 e. The van der Waals surface area contributed by atoms with Gasteiger partial charge in [-0.05, 0) is 36.6 Å². The summed E-state index contributed by atoms with van der Waals surface area (Å²) in [6.45, 7) is 3.89. The second kappa shape index (κ2) is 5.34. The summed E-state index contributed by atoms with van der Waals surface area (Å²) >= 11 is 0. The van der Waals surface area contributed by atoms with Crippen LogP contribution < -0.4 is 5.32 Å². The van der Waals surface area contributed by atoms with E-state index in [9.17, 15) is 9.90 Å². The zero-order chi connectivity index (χ0) is 15.0. The minimum absolute atomic E-state index is 0.128. The van der Waals surface area contributed by atoms with Gasteiger partial charge in [-0.2, -0.15) is 0 Å². The Bertz CT molecular complexity index is 693. The van der Waals surface area contributed by atoms with Gasteiger partial charge in [0, 0.05) is 12.0 Å². The van der Waals surface area contributed by atoms with Gasteiger partial charge in [-0.25, -0.2) is 0 Å². The summed E-state index contributed by atoms with van der Waals surface area (Å²) < 4.78 is 0. The standard InChI is InChI=1S/C18H19NO2/c1-11-7-8-12(2)15(9-11)18(21)19-17-14-6-4-3-5-13(14)10-16(17)20/h3-9,16-17,20H,10H2,1-2H3,(H,19,21)/t16-,17+/m1/s1. The lowest BCUT2D eigenvalue weighted by molar-refractivity contribution is 0.0857. The first-order chi connectivity index (χ1) is 10.1. The first kappa shape index (κ1) is 13.8. The van der Waals surface area contributed by atoms with E-state index in [0.29, 0.717) is 12.0 Å². The Balaban J connectivity index is 1.87. The maximum atomic E-state index is 12.5. The molecule has 0 fully saturated rings. The van der Waals surface area contributed by atoms with Gasteiger partial charge >= 0.3 is 0 Å². The summed E-state index contributed by atoms with van der Waals surface area (Å²) in [6, 6.07) is 13.4. The molecule has 3 heteroatoms. The Labute approximate surface area is 124 Å². The molecule has 2 N–H and O–H groups in total. The fraction of sp³-hybridized carbons (Fsp3) is 0.278. The van der Waals surface area contributed by atoms with E-state index in [4.69, 9.17) is 0 Å². The fourth-order valence-corrected chi connectivity index (χ4v) is 2.95. The molecule has 3 nitrogen and oxygen atoms in total. The topological polar surface area (TPSA) is 49.3 Å². The lowest BCUT2D eigenvalue weighted by Gasteiger charge is -2.19. The molecular weight excluding hydrogens is 262 g/mol. The van der Waals surface area contributed by atoms with Crippen molar-refractivity contribution in [3.63, 3.8) is 0 Å². The Morgan fingerprint density at radius 3 is 2.76 bits per heavy atom. The maximum Gasteiger partial charge on any atom is 0.252 e. The minimum Gasteiger partial charge on any atom is -0.390 e. The van der Waals surface area contributed by atoms with Gasteiger partial charge in [0.15, 0.2) is 0 Å². The van der Waals surface area contributed by atoms with Gasteiger partial charge < -0.3 is 10.4 Å². The molecule has 2 aromatic carbocycles. The highest BCUT2D eigenvalue weighted by atomic mass is 16.3. The van der Waals surface area contributed by atoms with Crippen molar-refractivity contribution in [2.75, 3.05) is 0 Å². The average Bonchev–Trinajstić information content (AvgIpc) is 2.78. The lowest BCUT2D eigenvalue weighted by Crippen LogP contribution is -2.34. The highest BCUT2D eigenvalue weighted by Crippen LogP contribution is 2.31. The molecule has 0 aliphatic heterocycles. The number of hydrogen-bond donors (Lipinski definition) is 2. The minimum atomic E-state index is -0.559. The second-order valence-electron chi connectivity index (χ2n) is 5.74. The van der Waals surface area contributed by atoms with E-state index in [1.165, 1.54) is 0 Å². The molecule has 1 aliphatic carbocycles. The van der Waals surface area contributed by atoms with E-state index in [0.717, 1.165) is 22.3 Å². The van der Waals surface area contributed by atoms with E-state index in [1.807, 2.05) is 56.3 Å². The zero-order valence-corrected chi connectivity index (χ0v) is 12.3. The number of carbonyl (C=O) groups is 1. The van der Waals surface area contributed by atoms with Crippen molar-refractivity contribution in [1.82, 2.24) is 5.32 Å². The first-order valence-corrected chi connectivity index (χ1v) is 7.20. The molecule has 21 heavy (non-hydrogen) atoms. The summed E-state index contributed by atoms with van der Waals surface area (Å²) in [5, 5.41) is 13.2. The normalized spacial score (nSPS) is 20.1. The first-order valence-electron chi connectivity index (χ1n) is 7.20. The molecule has 3 rings (SSSR count). The van der Waals surface area contributed by atoms with Crippen LogP contribution in [0.2, 0.25) is 0 Å². The molecule has 0 spiro atoms. The van der Waals surface area contributed by atoms with Gasteiger partial charge in [0.2, 0.25) is 0 Å². The number of benzene rings is 2. The number of aliphatic hydroxyl groups excluding tert-OH is 1. The van der Waals surface area contributed by atoms with Crippen molar-refractivity contribution in [1.29, 1.82) is 0 Å². The number of nitrogens with one attached hydrogen (secondary N) is 1. The third kappa shape index (κ3) is 2.57. The molecule has 0 radical (unpaired) electrons. The smallest absolute Gasteiger partial charge is 0.252 e. The highest BCUT2D eigenvalue weighted by molar-refractivity contribution is 5.96. The van der Waals surface area contributed by atoms with Crippen molar-refractivity contribution in [3.8, 4) is 0 Å². The molecule has 108 valence electrons. The van der Waals surface area contributed by atoms with E-state index in [-0.39, 0.29) is 11.9 Å². The number of aryl methyl sites for hydroxylation is 2. The van der Waals surface area contributed by atoms with Gasteiger partial charge in [-0.1, -0.05) is 42.0 Å². The fourth-order valence-electron chi connectivity index (χ4n) is 2.95. The zero-order valence-electron chi connectivity index (χ0n) is 12.3. The quantitative estimate of drug-likeness (QED) is 0.889. The van der Waals surface area contributed by atoms with Gasteiger partial charge in [-0.15, -0.1) is 0 Å². The lowest BCUT2D eigenvalue weighted by atomic mass is 10.0. The third-order valence-corrected chi connectivity index (χ3v) is 4.13. The Morgan fingerprint density at radius 1 is 1.19 bits per heavy atom. The molecule has 2 atom stereocenters. The Kier molecular flexibility index (Phi) is 3.52. The molecule has 0 heterocycles. The molecule has 1 amide bonds. The van der Waals surface area contributed by atoms with Crippen LogP contribution in [0.5, 0.6) is 0 Å². The van der Waals surface area contributed by atoms with Crippen molar-refractivity contribution in [2.45, 2.75) is 32.4 Å². The van der Waals surface area contributed by atoms with Crippen molar-refractivity contribution < 1.29 is 9.90 Å². The summed E-state index contributed by atoms with van der Waals surface area (Å²) in [7, 11) is 0. The van der Waals surface area contributed by atoms with Crippen LogP contribution in [0.3, 0.4) is 0 Å². The number of carbonyl (C=O) groups excluding carboxylic acids is 1. The van der Waals surface area contributed by atoms with Gasteiger partial charge in [-0.3, -0.25) is 4.79 Å². The number of rotatable bonds is 2. The van der Waals surface area contributed by atoms with Crippen LogP contribution >= 0.6 is 0 Å². The van der Waals surface area contributed by atoms with Crippen molar-refractivity contribution in [3.05, 3.63) is 70.3 Å². The summed E-state index contributed by atoms with van der Waals surface area (Å²) in [4.78, 5) is 12.5. The average molecular weight is 281 g/mol. The molecule has 0 saturated heterocycles. The molecular formula is C18H19NO2. The van der Waals surface area contributed by atoms with Crippen LogP contribution in [0.1, 0.15) is 38.7 Å². The van der Waals surface area contributed by atoms with Gasteiger partial charge in [0.05, 0.1) is 12.1 Å². The second-order valence-corrected chi connectivity index (χ2v) is 5.74. The Hall–Kier alpha value is -2.13. The summed E-state index contributed by atoms with van der Waals surface area (Å²) in [5.41, 5.74) is 4.79. The predicted octanol–water partition coefficient (Wildman–Crippen LogP) is 2.69. The van der Waals surface area contributed by atoms with Crippen LogP contribution in [0, 0.1) is 13.8 Å². The summed E-state index contributed by atoms with van der Waals surface area (Å²) in [5.74, 6) is -0.128. The number of amides is 1. The van der Waals surface area contributed by atoms with Gasteiger partial charge in [0.25, 0.3) is 5.91 Å². The molecule has 1 aliphatic rings. The molecule has 2 aromatic rings. The van der Waals surface area contributed by atoms with Crippen LogP contribution in [0.4, 0.5) is 0 Å². The van der Waals surface area contributed by atoms with E-state index >= 15 is 0 Å². The van der Waals surface area contributed by atoms with Crippen LogP contribution in [-0.2, 0) is 6.42 Å². The molecule has 0 saturated carbocycles. The molecule has 0 aromatic heterocycles. The SMILES string of the molecule is Cc1ccc(C)c(C(=O)N[C@H]2c3ccccc3C[C@H]2O)c1. The van der Waals surface area contributed by atoms with Gasteiger partial charge in [0.1, 0.15) is 0 Å². The van der Waals surface area contributed by atoms with Crippen molar-refractivity contribution >= 4 is 5.91 Å². The maximum absolute atomic E-state index is 12.5. The van der Waals surface area contributed by atoms with Crippen molar-refractivity contribution in [2.24, 2.45) is 0 Å². The Morgan fingerprint density at radius 2 is 1.95 bits per heavy atom. The number of aliphatic hydroxyl groups is 1. The number of fused-ring (bicyclic) bond motifs is 1. The monoisotopic (exact) mass is 281 g/mol. The molecule has 0 unspecified atom stereocenters. The van der Waals surface area contributed by atoms with E-state index in [2.05, 4.69) is 5.32 Å². The summed E-state index contributed by atoms with van der Waals surface area (Å²) in [6.07, 6.45) is 0.0324.